The van der Waals surface area contributed by atoms with E-state index in [1.165, 1.54) is 7.11 Å². The van der Waals surface area contributed by atoms with Crippen molar-refractivity contribution < 1.29 is 9.53 Å². The summed E-state index contributed by atoms with van der Waals surface area (Å²) in [5.74, 6) is -1.19. The van der Waals surface area contributed by atoms with Gasteiger partial charge in [0.15, 0.2) is 0 Å². The number of hydrogen-bond acceptors (Lipinski definition) is 4. The molecule has 0 aliphatic heterocycles. The SMILES string of the molecule is COC(=O)C(C#N)Cc1ccc(SC)cc1. The summed E-state index contributed by atoms with van der Waals surface area (Å²) < 4.78 is 4.55. The molecule has 0 saturated carbocycles. The van der Waals surface area contributed by atoms with Crippen molar-refractivity contribution in [3.63, 3.8) is 0 Å². The molecule has 0 aromatic heterocycles. The molecule has 1 aromatic rings. The molecule has 0 amide bonds. The Labute approximate surface area is 99.4 Å². The predicted molar refractivity (Wildman–Crippen MR) is 63.0 cm³/mol. The molecule has 1 rings (SSSR count). The van der Waals surface area contributed by atoms with Gasteiger partial charge in [-0.15, -0.1) is 11.8 Å². The van der Waals surface area contributed by atoms with E-state index in [0.717, 1.165) is 10.5 Å². The minimum Gasteiger partial charge on any atom is -0.468 e. The lowest BCUT2D eigenvalue weighted by molar-refractivity contribution is -0.143. The Morgan fingerprint density at radius 2 is 2.12 bits per heavy atom. The molecule has 84 valence electrons. The van der Waals surface area contributed by atoms with Gasteiger partial charge in [0.1, 0.15) is 5.92 Å². The second-order valence-electron chi connectivity index (χ2n) is 3.26. The van der Waals surface area contributed by atoms with Crippen LogP contribution >= 0.6 is 11.8 Å². The van der Waals surface area contributed by atoms with Crippen molar-refractivity contribution in [2.24, 2.45) is 5.92 Å². The van der Waals surface area contributed by atoms with Crippen LogP contribution in [-0.2, 0) is 16.0 Å². The summed E-state index contributed by atoms with van der Waals surface area (Å²) in [5.41, 5.74) is 0.967. The summed E-state index contributed by atoms with van der Waals surface area (Å²) in [5, 5.41) is 8.83. The molecule has 0 N–H and O–H groups in total. The molecule has 16 heavy (non-hydrogen) atoms. The summed E-state index contributed by atoms with van der Waals surface area (Å²) in [6, 6.07) is 9.77. The van der Waals surface area contributed by atoms with Gasteiger partial charge in [-0.05, 0) is 30.4 Å². The van der Waals surface area contributed by atoms with E-state index in [9.17, 15) is 4.79 Å². The van der Waals surface area contributed by atoms with E-state index in [2.05, 4.69) is 4.74 Å². The molecule has 0 heterocycles. The van der Waals surface area contributed by atoms with E-state index in [1.807, 2.05) is 36.6 Å². The second kappa shape index (κ2) is 6.19. The van der Waals surface area contributed by atoms with Crippen LogP contribution in [0.3, 0.4) is 0 Å². The lowest BCUT2D eigenvalue weighted by Crippen LogP contribution is -2.16. The van der Waals surface area contributed by atoms with Gasteiger partial charge in [0.05, 0.1) is 13.2 Å². The molecule has 1 aromatic carbocycles. The van der Waals surface area contributed by atoms with Crippen molar-refractivity contribution in [1.82, 2.24) is 0 Å². The molecule has 0 radical (unpaired) electrons. The molecule has 0 aliphatic rings. The molecule has 0 saturated heterocycles. The van der Waals surface area contributed by atoms with Gasteiger partial charge in [0.25, 0.3) is 0 Å². The summed E-state index contributed by atoms with van der Waals surface area (Å²) in [6.07, 6.45) is 2.40. The van der Waals surface area contributed by atoms with Crippen molar-refractivity contribution >= 4 is 17.7 Å². The lowest BCUT2D eigenvalue weighted by atomic mass is 10.0. The smallest absolute Gasteiger partial charge is 0.323 e. The number of nitriles is 1. The zero-order valence-electron chi connectivity index (χ0n) is 9.27. The van der Waals surface area contributed by atoms with Crippen LogP contribution in [0.5, 0.6) is 0 Å². The number of rotatable bonds is 4. The highest BCUT2D eigenvalue weighted by atomic mass is 32.2. The highest BCUT2D eigenvalue weighted by molar-refractivity contribution is 7.98. The highest BCUT2D eigenvalue weighted by Gasteiger charge is 2.18. The largest absolute Gasteiger partial charge is 0.468 e. The predicted octanol–water partition coefficient (Wildman–Crippen LogP) is 2.26. The van der Waals surface area contributed by atoms with Crippen LogP contribution < -0.4 is 0 Å². The van der Waals surface area contributed by atoms with E-state index >= 15 is 0 Å². The Morgan fingerprint density at radius 1 is 1.50 bits per heavy atom. The minimum absolute atomic E-state index is 0.401. The van der Waals surface area contributed by atoms with E-state index in [-0.39, 0.29) is 0 Å². The number of methoxy groups -OCH3 is 1. The Kier molecular flexibility index (Phi) is 4.87. The molecule has 0 bridgehead atoms. The molecule has 0 aliphatic carbocycles. The Morgan fingerprint density at radius 3 is 2.56 bits per heavy atom. The summed E-state index contributed by atoms with van der Waals surface area (Å²) in [7, 11) is 1.30. The number of thioether (sulfide) groups is 1. The molecule has 4 heteroatoms. The van der Waals surface area contributed by atoms with Crippen LogP contribution in [0.2, 0.25) is 0 Å². The lowest BCUT2D eigenvalue weighted by Gasteiger charge is -2.07. The standard InChI is InChI=1S/C12H13NO2S/c1-15-12(14)10(8-13)7-9-3-5-11(16-2)6-4-9/h3-6,10H,7H2,1-2H3. The fourth-order valence-corrected chi connectivity index (χ4v) is 1.73. The Balaban J connectivity index is 2.71. The number of carbonyl (C=O) groups is 1. The number of benzene rings is 1. The van der Waals surface area contributed by atoms with Gasteiger partial charge in [-0.25, -0.2) is 0 Å². The zero-order chi connectivity index (χ0) is 12.0. The first-order valence-electron chi connectivity index (χ1n) is 4.81. The van der Waals surface area contributed by atoms with Gasteiger partial charge in [0.2, 0.25) is 0 Å². The van der Waals surface area contributed by atoms with Crippen LogP contribution in [0.1, 0.15) is 5.56 Å². The van der Waals surface area contributed by atoms with Crippen molar-refractivity contribution in [2.75, 3.05) is 13.4 Å². The van der Waals surface area contributed by atoms with Crippen molar-refractivity contribution in [1.29, 1.82) is 5.26 Å². The second-order valence-corrected chi connectivity index (χ2v) is 4.14. The molecule has 3 nitrogen and oxygen atoms in total. The third-order valence-corrected chi connectivity index (χ3v) is 2.98. The molecule has 1 unspecified atom stereocenters. The Bertz CT molecular complexity index is 394. The molecule has 1 atom stereocenters. The monoisotopic (exact) mass is 235 g/mol. The van der Waals surface area contributed by atoms with E-state index < -0.39 is 11.9 Å². The first-order chi connectivity index (χ1) is 7.71. The maximum absolute atomic E-state index is 11.2. The highest BCUT2D eigenvalue weighted by Crippen LogP contribution is 2.17. The van der Waals surface area contributed by atoms with Crippen LogP contribution in [0.4, 0.5) is 0 Å². The van der Waals surface area contributed by atoms with E-state index in [0.29, 0.717) is 6.42 Å². The quantitative estimate of drug-likeness (QED) is 0.593. The Hall–Kier alpha value is -1.47. The van der Waals surface area contributed by atoms with Crippen molar-refractivity contribution in [3.8, 4) is 6.07 Å². The third-order valence-electron chi connectivity index (χ3n) is 2.24. The zero-order valence-corrected chi connectivity index (χ0v) is 10.1. The topological polar surface area (TPSA) is 50.1 Å². The normalized spacial score (nSPS) is 11.6. The van der Waals surface area contributed by atoms with Gasteiger partial charge in [0, 0.05) is 4.90 Å². The van der Waals surface area contributed by atoms with Crippen LogP contribution in [0, 0.1) is 17.2 Å². The third kappa shape index (κ3) is 3.28. The van der Waals surface area contributed by atoms with Crippen LogP contribution in [-0.4, -0.2) is 19.3 Å². The number of carbonyl (C=O) groups excluding carboxylic acids is 1. The van der Waals surface area contributed by atoms with E-state index in [4.69, 9.17) is 5.26 Å². The average molecular weight is 235 g/mol. The van der Waals surface area contributed by atoms with Gasteiger partial charge >= 0.3 is 5.97 Å². The molecule has 0 spiro atoms. The molecule has 0 fully saturated rings. The van der Waals surface area contributed by atoms with E-state index in [1.54, 1.807) is 11.8 Å². The first-order valence-corrected chi connectivity index (χ1v) is 6.04. The fourth-order valence-electron chi connectivity index (χ4n) is 1.32. The van der Waals surface area contributed by atoms with Gasteiger partial charge in [-0.1, -0.05) is 12.1 Å². The van der Waals surface area contributed by atoms with Crippen molar-refractivity contribution in [3.05, 3.63) is 29.8 Å². The summed E-state index contributed by atoms with van der Waals surface area (Å²) in [6.45, 7) is 0. The minimum atomic E-state index is -0.717. The van der Waals surface area contributed by atoms with Gasteiger partial charge < -0.3 is 4.74 Å². The maximum atomic E-state index is 11.2. The number of ether oxygens (including phenoxy) is 1. The molecular formula is C12H13NO2S. The van der Waals surface area contributed by atoms with Crippen molar-refractivity contribution in [2.45, 2.75) is 11.3 Å². The number of hydrogen-bond donors (Lipinski definition) is 0. The number of esters is 1. The summed E-state index contributed by atoms with van der Waals surface area (Å²) in [4.78, 5) is 12.4. The van der Waals surface area contributed by atoms with Gasteiger partial charge in [-0.3, -0.25) is 4.79 Å². The van der Waals surface area contributed by atoms with Crippen LogP contribution in [0.25, 0.3) is 0 Å². The molecular weight excluding hydrogens is 222 g/mol. The maximum Gasteiger partial charge on any atom is 0.323 e. The first kappa shape index (κ1) is 12.6. The average Bonchev–Trinajstić information content (AvgIpc) is 2.35. The van der Waals surface area contributed by atoms with Crippen LogP contribution in [0.15, 0.2) is 29.2 Å². The summed E-state index contributed by atoms with van der Waals surface area (Å²) >= 11 is 1.66. The number of nitrogens with zero attached hydrogens (tertiary/aromatic N) is 1. The fraction of sp³-hybridized carbons (Fsp3) is 0.333. The van der Waals surface area contributed by atoms with Gasteiger partial charge in [-0.2, -0.15) is 5.26 Å².